The van der Waals surface area contributed by atoms with Crippen LogP contribution in [0.1, 0.15) is 25.8 Å². The van der Waals surface area contributed by atoms with E-state index in [1.165, 1.54) is 26.1 Å². The van der Waals surface area contributed by atoms with Crippen molar-refractivity contribution in [2.75, 3.05) is 10.8 Å². The van der Waals surface area contributed by atoms with Gasteiger partial charge in [0, 0.05) is 17.1 Å². The molecule has 7 nitrogen and oxygen atoms in total. The third-order valence-electron chi connectivity index (χ3n) is 4.78. The lowest BCUT2D eigenvalue weighted by molar-refractivity contribution is -0.148. The summed E-state index contributed by atoms with van der Waals surface area (Å²) >= 11 is 3.20. The number of anilines is 1. The van der Waals surface area contributed by atoms with Crippen LogP contribution in [-0.2, 0) is 21.0 Å². The minimum Gasteiger partial charge on any atom is -0.481 e. The van der Waals surface area contributed by atoms with Crippen LogP contribution in [0.15, 0.2) is 45.9 Å². The normalized spacial score (nSPS) is 17.1. The van der Waals surface area contributed by atoms with Crippen molar-refractivity contribution in [2.24, 2.45) is 5.41 Å². The van der Waals surface area contributed by atoms with E-state index in [4.69, 9.17) is 4.74 Å². The number of carbonyl (C=O) groups is 1. The van der Waals surface area contributed by atoms with Gasteiger partial charge in [-0.15, -0.1) is 0 Å². The Hall–Kier alpha value is -2.34. The van der Waals surface area contributed by atoms with Gasteiger partial charge in [0.15, 0.2) is 0 Å². The summed E-state index contributed by atoms with van der Waals surface area (Å²) in [5.74, 6) is -1.16. The van der Waals surface area contributed by atoms with E-state index in [1.54, 1.807) is 0 Å². The Balaban J connectivity index is 2.07. The molecule has 0 aliphatic carbocycles. The van der Waals surface area contributed by atoms with Gasteiger partial charge in [-0.05, 0) is 54.0 Å². The Kier molecular flexibility index (Phi) is 6.00. The Morgan fingerprint density at radius 3 is 2.61 bits per heavy atom. The Bertz CT molecular complexity index is 1120. The van der Waals surface area contributed by atoms with Gasteiger partial charge in [0.25, 0.3) is 10.0 Å². The Morgan fingerprint density at radius 2 is 2.00 bits per heavy atom. The zero-order chi connectivity index (χ0) is 23.2. The molecule has 0 saturated heterocycles. The van der Waals surface area contributed by atoms with Gasteiger partial charge in [-0.3, -0.25) is 9.10 Å². The van der Waals surface area contributed by atoms with Crippen molar-refractivity contribution >= 4 is 37.6 Å². The minimum absolute atomic E-state index is 0.0381. The van der Waals surface area contributed by atoms with Crippen LogP contribution in [0.3, 0.4) is 0 Å². The Morgan fingerprint density at radius 1 is 1.32 bits per heavy atom. The van der Waals surface area contributed by atoms with Crippen LogP contribution in [0, 0.1) is 5.41 Å². The van der Waals surface area contributed by atoms with Crippen LogP contribution in [-0.4, -0.2) is 37.1 Å². The first-order chi connectivity index (χ1) is 14.2. The highest BCUT2D eigenvalue weighted by atomic mass is 79.9. The maximum atomic E-state index is 13.3. The van der Waals surface area contributed by atoms with Crippen molar-refractivity contribution in [3.05, 3.63) is 46.6 Å². The van der Waals surface area contributed by atoms with E-state index in [-0.39, 0.29) is 24.5 Å². The molecule has 12 heteroatoms. The molecule has 1 aromatic heterocycles. The number of fused-ring (bicyclic) bond motifs is 1. The number of benzene rings is 1. The van der Waals surface area contributed by atoms with Gasteiger partial charge in [-0.2, -0.15) is 13.2 Å². The fourth-order valence-electron chi connectivity index (χ4n) is 3.11. The van der Waals surface area contributed by atoms with Crippen LogP contribution in [0.4, 0.5) is 18.9 Å². The molecule has 1 atom stereocenters. The second kappa shape index (κ2) is 7.97. The molecule has 1 aliphatic rings. The van der Waals surface area contributed by atoms with Gasteiger partial charge in [0.05, 0.1) is 22.4 Å². The number of sulfonamides is 1. The molecule has 0 spiro atoms. The number of ether oxygens (including phenoxy) is 1. The molecule has 168 valence electrons. The third kappa shape index (κ3) is 4.79. The summed E-state index contributed by atoms with van der Waals surface area (Å²) in [6.07, 6.45) is -4.27. The summed E-state index contributed by atoms with van der Waals surface area (Å²) < 4.78 is 73.1. The lowest BCUT2D eigenvalue weighted by Gasteiger charge is -2.37. The molecule has 0 fully saturated rings. The highest BCUT2D eigenvalue weighted by Crippen LogP contribution is 2.40. The van der Waals surface area contributed by atoms with Crippen LogP contribution in [0.25, 0.3) is 0 Å². The lowest BCUT2D eigenvalue weighted by Crippen LogP contribution is -2.46. The number of nitrogens with zero attached hydrogens (tertiary/aromatic N) is 2. The quantitative estimate of drug-likeness (QED) is 0.628. The van der Waals surface area contributed by atoms with Crippen molar-refractivity contribution < 1.29 is 36.2 Å². The first-order valence-corrected chi connectivity index (χ1v) is 11.2. The molecular formula is C19H18BrF3N2O5S. The summed E-state index contributed by atoms with van der Waals surface area (Å²) in [5, 5.41) is 9.40. The molecule has 0 radical (unpaired) electrons. The first kappa shape index (κ1) is 23.3. The van der Waals surface area contributed by atoms with Crippen molar-refractivity contribution in [1.29, 1.82) is 0 Å². The van der Waals surface area contributed by atoms with E-state index in [0.29, 0.717) is 10.5 Å². The van der Waals surface area contributed by atoms with Gasteiger partial charge in [0.2, 0.25) is 5.88 Å². The number of hydrogen-bond acceptors (Lipinski definition) is 5. The maximum Gasteiger partial charge on any atom is 0.416 e. The molecule has 0 saturated carbocycles. The number of rotatable bonds is 5. The van der Waals surface area contributed by atoms with E-state index >= 15 is 0 Å². The number of aromatic nitrogens is 1. The van der Waals surface area contributed by atoms with Crippen molar-refractivity contribution in [2.45, 2.75) is 37.4 Å². The minimum atomic E-state index is -4.72. The van der Waals surface area contributed by atoms with Gasteiger partial charge >= 0.3 is 12.1 Å². The average molecular weight is 523 g/mol. The fraction of sp³-hybridized carbons (Fsp3) is 0.368. The zero-order valence-electron chi connectivity index (χ0n) is 16.4. The number of carboxylic acid groups (broad SMARTS) is 1. The van der Waals surface area contributed by atoms with Crippen LogP contribution >= 0.6 is 15.9 Å². The smallest absolute Gasteiger partial charge is 0.416 e. The van der Waals surface area contributed by atoms with Gasteiger partial charge < -0.3 is 9.84 Å². The largest absolute Gasteiger partial charge is 0.481 e. The number of hydrogen-bond donors (Lipinski definition) is 1. The standard InChI is InChI=1S/C19H18BrF3N2O5S/c1-18(2,17(26)27)8-13-10-25(15-7-12(20)9-24-16(15)30-13)31(28,29)14-5-3-4-11(6-14)19(21,22)23/h3-7,9,13H,8,10H2,1-2H3,(H,26,27)/t13-/m0/s1. The second-order valence-electron chi connectivity index (χ2n) is 7.67. The Labute approximate surface area is 185 Å². The SMILES string of the molecule is CC(C)(C[C@H]1CN(S(=O)(=O)c2cccc(C(F)(F)F)c2)c2cc(Br)cnc2O1)C(=O)O. The molecule has 1 aromatic carbocycles. The first-order valence-electron chi connectivity index (χ1n) is 8.97. The lowest BCUT2D eigenvalue weighted by atomic mass is 9.86. The predicted octanol–water partition coefficient (Wildman–Crippen LogP) is 4.32. The third-order valence-corrected chi connectivity index (χ3v) is 6.99. The van der Waals surface area contributed by atoms with E-state index in [1.807, 2.05) is 0 Å². The van der Waals surface area contributed by atoms with Crippen LogP contribution in [0.2, 0.25) is 0 Å². The average Bonchev–Trinajstić information content (AvgIpc) is 2.66. The second-order valence-corrected chi connectivity index (χ2v) is 10.5. The molecule has 2 heterocycles. The fourth-order valence-corrected chi connectivity index (χ4v) is 4.97. The topological polar surface area (TPSA) is 96.8 Å². The van der Waals surface area contributed by atoms with Gasteiger partial charge in [-0.1, -0.05) is 6.07 Å². The highest BCUT2D eigenvalue weighted by molar-refractivity contribution is 9.10. The van der Waals surface area contributed by atoms with Gasteiger partial charge in [-0.25, -0.2) is 13.4 Å². The van der Waals surface area contributed by atoms with E-state index in [2.05, 4.69) is 20.9 Å². The zero-order valence-corrected chi connectivity index (χ0v) is 18.8. The molecule has 2 aromatic rings. The number of aliphatic carboxylic acids is 1. The van der Waals surface area contributed by atoms with Gasteiger partial charge in [0.1, 0.15) is 11.8 Å². The van der Waals surface area contributed by atoms with Crippen molar-refractivity contribution in [1.82, 2.24) is 4.98 Å². The number of carboxylic acids is 1. The van der Waals surface area contributed by atoms with E-state index in [9.17, 15) is 31.5 Å². The van der Waals surface area contributed by atoms with Crippen molar-refractivity contribution in [3.63, 3.8) is 0 Å². The number of alkyl halides is 3. The maximum absolute atomic E-state index is 13.3. The molecular weight excluding hydrogens is 505 g/mol. The number of halogens is 4. The molecule has 0 unspecified atom stereocenters. The van der Waals surface area contributed by atoms with Crippen molar-refractivity contribution in [3.8, 4) is 5.88 Å². The molecule has 0 amide bonds. The molecule has 1 N–H and O–H groups in total. The van der Waals surface area contributed by atoms with E-state index in [0.717, 1.165) is 22.5 Å². The molecule has 31 heavy (non-hydrogen) atoms. The highest BCUT2D eigenvalue weighted by Gasteiger charge is 2.40. The molecule has 1 aliphatic heterocycles. The van der Waals surface area contributed by atoms with Crippen LogP contribution < -0.4 is 9.04 Å². The number of pyridine rings is 1. The molecule has 0 bridgehead atoms. The summed E-state index contributed by atoms with van der Waals surface area (Å²) in [5.41, 5.74) is -2.29. The summed E-state index contributed by atoms with van der Waals surface area (Å²) in [4.78, 5) is 15.0. The predicted molar refractivity (Wildman–Crippen MR) is 108 cm³/mol. The monoisotopic (exact) mass is 522 g/mol. The summed E-state index contributed by atoms with van der Waals surface area (Å²) in [6, 6.07) is 4.85. The molecule has 3 rings (SSSR count). The van der Waals surface area contributed by atoms with E-state index < -0.39 is 44.1 Å². The van der Waals surface area contributed by atoms with Crippen LogP contribution in [0.5, 0.6) is 5.88 Å². The summed E-state index contributed by atoms with van der Waals surface area (Å²) in [6.45, 7) is 2.64. The summed E-state index contributed by atoms with van der Waals surface area (Å²) in [7, 11) is -4.44.